The van der Waals surface area contributed by atoms with Crippen LogP contribution in [-0.2, 0) is 0 Å². The van der Waals surface area contributed by atoms with E-state index >= 15 is 0 Å². The highest BCUT2D eigenvalue weighted by Gasteiger charge is 2.13. The first-order chi connectivity index (χ1) is 9.88. The fourth-order valence-corrected chi connectivity index (χ4v) is 2.08. The number of carbonyl (C=O) groups excluding carboxylic acids is 1. The molecule has 2 rings (SSSR count). The molecule has 0 radical (unpaired) electrons. The van der Waals surface area contributed by atoms with Gasteiger partial charge in [-0.25, -0.2) is 4.79 Å². The SMILES string of the molecule is Nc1cc(NC(=O)c2cc(Cl)ccc2Cl)ccc1C(=O)O. The molecule has 4 N–H and O–H groups in total. The number of amides is 1. The van der Waals surface area contributed by atoms with Crippen LogP contribution in [0.4, 0.5) is 11.4 Å². The largest absolute Gasteiger partial charge is 0.478 e. The summed E-state index contributed by atoms with van der Waals surface area (Å²) in [6, 6.07) is 8.64. The maximum atomic E-state index is 12.1. The van der Waals surface area contributed by atoms with Crippen molar-refractivity contribution in [2.45, 2.75) is 0 Å². The van der Waals surface area contributed by atoms with E-state index in [9.17, 15) is 9.59 Å². The number of nitrogens with one attached hydrogen (secondary N) is 1. The Morgan fingerprint density at radius 2 is 1.76 bits per heavy atom. The maximum Gasteiger partial charge on any atom is 0.337 e. The van der Waals surface area contributed by atoms with Crippen LogP contribution in [0.15, 0.2) is 36.4 Å². The Hall–Kier alpha value is -2.24. The van der Waals surface area contributed by atoms with Gasteiger partial charge in [0.15, 0.2) is 0 Å². The predicted octanol–water partition coefficient (Wildman–Crippen LogP) is 3.53. The monoisotopic (exact) mass is 324 g/mol. The summed E-state index contributed by atoms with van der Waals surface area (Å²) in [5.41, 5.74) is 6.20. The van der Waals surface area contributed by atoms with Crippen molar-refractivity contribution in [1.82, 2.24) is 0 Å². The summed E-state index contributed by atoms with van der Waals surface area (Å²) in [4.78, 5) is 23.0. The zero-order valence-corrected chi connectivity index (χ0v) is 12.1. The molecule has 0 heterocycles. The van der Waals surface area contributed by atoms with Gasteiger partial charge in [-0.1, -0.05) is 23.2 Å². The van der Waals surface area contributed by atoms with Crippen LogP contribution < -0.4 is 11.1 Å². The molecule has 0 bridgehead atoms. The molecule has 2 aromatic rings. The number of carboxylic acid groups (broad SMARTS) is 1. The molecule has 0 aliphatic rings. The van der Waals surface area contributed by atoms with Gasteiger partial charge in [-0.15, -0.1) is 0 Å². The van der Waals surface area contributed by atoms with Gasteiger partial charge in [0.2, 0.25) is 0 Å². The van der Waals surface area contributed by atoms with Crippen LogP contribution in [0.5, 0.6) is 0 Å². The van der Waals surface area contributed by atoms with Gasteiger partial charge in [-0.3, -0.25) is 4.79 Å². The third-order valence-corrected chi connectivity index (χ3v) is 3.28. The lowest BCUT2D eigenvalue weighted by molar-refractivity contribution is 0.0698. The van der Waals surface area contributed by atoms with Crippen molar-refractivity contribution in [3.63, 3.8) is 0 Å². The van der Waals surface area contributed by atoms with Crippen molar-refractivity contribution in [2.24, 2.45) is 0 Å². The maximum absolute atomic E-state index is 12.1. The molecule has 5 nitrogen and oxygen atoms in total. The second-order valence-electron chi connectivity index (χ2n) is 4.19. The number of nitrogen functional groups attached to an aromatic ring is 1. The fraction of sp³-hybridized carbons (Fsp3) is 0. The second kappa shape index (κ2) is 6.03. The number of carbonyl (C=O) groups is 2. The van der Waals surface area contributed by atoms with Crippen LogP contribution in [0.25, 0.3) is 0 Å². The summed E-state index contributed by atoms with van der Waals surface area (Å²) >= 11 is 11.8. The number of nitrogens with two attached hydrogens (primary N) is 1. The third kappa shape index (κ3) is 3.45. The van der Waals surface area contributed by atoms with Gasteiger partial charge in [0, 0.05) is 16.4 Å². The number of aromatic carboxylic acids is 1. The number of carboxylic acids is 1. The highest BCUT2D eigenvalue weighted by atomic mass is 35.5. The first kappa shape index (κ1) is 15.2. The van der Waals surface area contributed by atoms with Gasteiger partial charge in [-0.05, 0) is 36.4 Å². The van der Waals surface area contributed by atoms with Gasteiger partial charge >= 0.3 is 5.97 Å². The fourth-order valence-electron chi connectivity index (χ4n) is 1.71. The summed E-state index contributed by atoms with van der Waals surface area (Å²) in [6.07, 6.45) is 0. The summed E-state index contributed by atoms with van der Waals surface area (Å²) < 4.78 is 0. The highest BCUT2D eigenvalue weighted by Crippen LogP contribution is 2.23. The van der Waals surface area contributed by atoms with Gasteiger partial charge in [-0.2, -0.15) is 0 Å². The van der Waals surface area contributed by atoms with Crippen molar-refractivity contribution in [2.75, 3.05) is 11.1 Å². The van der Waals surface area contributed by atoms with E-state index in [0.717, 1.165) is 0 Å². The minimum absolute atomic E-state index is 0.0335. The van der Waals surface area contributed by atoms with Crippen molar-refractivity contribution in [1.29, 1.82) is 0 Å². The van der Waals surface area contributed by atoms with Gasteiger partial charge in [0.25, 0.3) is 5.91 Å². The zero-order chi connectivity index (χ0) is 15.6. The summed E-state index contributed by atoms with van der Waals surface area (Å²) in [5, 5.41) is 12.1. The van der Waals surface area contributed by atoms with Crippen LogP contribution in [0.2, 0.25) is 10.0 Å². The van der Waals surface area contributed by atoms with E-state index in [1.54, 1.807) is 6.07 Å². The molecular weight excluding hydrogens is 315 g/mol. The predicted molar refractivity (Wildman–Crippen MR) is 82.2 cm³/mol. The number of benzene rings is 2. The molecule has 0 spiro atoms. The van der Waals surface area contributed by atoms with Gasteiger partial charge < -0.3 is 16.2 Å². The quantitative estimate of drug-likeness (QED) is 0.753. The van der Waals surface area contributed by atoms with Gasteiger partial charge in [0.05, 0.1) is 16.1 Å². The van der Waals surface area contributed by atoms with Gasteiger partial charge in [0.1, 0.15) is 0 Å². The molecule has 7 heteroatoms. The number of anilines is 2. The van der Waals surface area contributed by atoms with Crippen LogP contribution in [0.3, 0.4) is 0 Å². The van der Waals surface area contributed by atoms with Crippen molar-refractivity contribution >= 4 is 46.5 Å². The van der Waals surface area contributed by atoms with Crippen LogP contribution in [0, 0.1) is 0 Å². The zero-order valence-electron chi connectivity index (χ0n) is 10.6. The number of rotatable bonds is 3. The topological polar surface area (TPSA) is 92.4 Å². The van der Waals surface area contributed by atoms with E-state index in [0.29, 0.717) is 10.7 Å². The molecule has 0 aliphatic carbocycles. The van der Waals surface area contributed by atoms with Crippen molar-refractivity contribution in [3.05, 3.63) is 57.6 Å². The molecule has 0 unspecified atom stereocenters. The highest BCUT2D eigenvalue weighted by molar-refractivity contribution is 6.36. The Morgan fingerprint density at radius 3 is 2.38 bits per heavy atom. The lowest BCUT2D eigenvalue weighted by atomic mass is 10.1. The van der Waals surface area contributed by atoms with E-state index in [1.165, 1.54) is 30.3 Å². The molecule has 0 aliphatic heterocycles. The van der Waals surface area contributed by atoms with E-state index in [4.69, 9.17) is 34.0 Å². The Balaban J connectivity index is 2.26. The molecule has 0 saturated carbocycles. The Morgan fingerprint density at radius 1 is 1.05 bits per heavy atom. The van der Waals surface area contributed by atoms with E-state index in [2.05, 4.69) is 5.32 Å². The van der Waals surface area contributed by atoms with E-state index < -0.39 is 11.9 Å². The van der Waals surface area contributed by atoms with Crippen LogP contribution in [0.1, 0.15) is 20.7 Å². The molecule has 0 saturated heterocycles. The minimum Gasteiger partial charge on any atom is -0.478 e. The Bertz CT molecular complexity index is 732. The first-order valence-corrected chi connectivity index (χ1v) is 6.53. The minimum atomic E-state index is -1.14. The number of hydrogen-bond acceptors (Lipinski definition) is 3. The summed E-state index contributed by atoms with van der Waals surface area (Å²) in [6.45, 7) is 0. The average Bonchev–Trinajstić information content (AvgIpc) is 2.41. The van der Waals surface area contributed by atoms with Crippen LogP contribution in [-0.4, -0.2) is 17.0 Å². The number of halogens is 2. The number of hydrogen-bond donors (Lipinski definition) is 3. The normalized spacial score (nSPS) is 10.2. The molecule has 1 amide bonds. The van der Waals surface area contributed by atoms with Crippen LogP contribution >= 0.6 is 23.2 Å². The smallest absolute Gasteiger partial charge is 0.337 e. The lowest BCUT2D eigenvalue weighted by Crippen LogP contribution is -2.13. The molecule has 21 heavy (non-hydrogen) atoms. The molecule has 0 aromatic heterocycles. The third-order valence-electron chi connectivity index (χ3n) is 2.71. The molecule has 2 aromatic carbocycles. The van der Waals surface area contributed by atoms with E-state index in [-0.39, 0.29) is 21.8 Å². The first-order valence-electron chi connectivity index (χ1n) is 5.77. The average molecular weight is 325 g/mol. The molecular formula is C14H10Cl2N2O3. The molecule has 0 atom stereocenters. The van der Waals surface area contributed by atoms with E-state index in [1.807, 2.05) is 0 Å². The summed E-state index contributed by atoms with van der Waals surface area (Å²) in [5.74, 6) is -1.60. The second-order valence-corrected chi connectivity index (χ2v) is 5.03. The van der Waals surface area contributed by atoms with Crippen molar-refractivity contribution in [3.8, 4) is 0 Å². The summed E-state index contributed by atoms with van der Waals surface area (Å²) in [7, 11) is 0. The standard InChI is InChI=1S/C14H10Cl2N2O3/c15-7-1-4-11(16)10(5-7)13(19)18-8-2-3-9(14(20)21)12(17)6-8/h1-6H,17H2,(H,18,19)(H,20,21). The Kier molecular flexibility index (Phi) is 4.35. The lowest BCUT2D eigenvalue weighted by Gasteiger charge is -2.09. The van der Waals surface area contributed by atoms with Crippen molar-refractivity contribution < 1.29 is 14.7 Å². The molecule has 0 fully saturated rings. The molecule has 108 valence electrons. The Labute approximate surface area is 130 Å².